The van der Waals surface area contributed by atoms with Gasteiger partial charge in [-0.3, -0.25) is 0 Å². The Bertz CT molecular complexity index is 419. The van der Waals surface area contributed by atoms with Crippen LogP contribution in [-0.4, -0.2) is 53.4 Å². The van der Waals surface area contributed by atoms with Gasteiger partial charge in [0.1, 0.15) is 0 Å². The molecule has 31 heavy (non-hydrogen) atoms. The van der Waals surface area contributed by atoms with E-state index in [1.165, 1.54) is 44.9 Å². The lowest BCUT2D eigenvalue weighted by molar-refractivity contribution is 0.550. The van der Waals surface area contributed by atoms with Crippen molar-refractivity contribution in [1.29, 1.82) is 0 Å². The topological polar surface area (TPSA) is 96.2 Å². The quantitative estimate of drug-likeness (QED) is 0.147. The molecule has 0 heterocycles. The third-order valence-corrected chi connectivity index (χ3v) is 6.35. The highest BCUT2D eigenvalue weighted by atomic mass is 35.5. The smallest absolute Gasteiger partial charge is 0.211 e. The van der Waals surface area contributed by atoms with Gasteiger partial charge >= 0.3 is 0 Å². The Labute approximate surface area is 211 Å². The summed E-state index contributed by atoms with van der Waals surface area (Å²) in [6, 6.07) is 0. The molecule has 0 saturated heterocycles. The van der Waals surface area contributed by atoms with Crippen molar-refractivity contribution in [2.45, 2.75) is 90.4 Å². The maximum absolute atomic E-state index is 12.0. The molecule has 0 unspecified atom stereocenters. The van der Waals surface area contributed by atoms with E-state index < -0.39 is 10.0 Å². The molecule has 0 aliphatic rings. The highest BCUT2D eigenvalue weighted by Crippen LogP contribution is 2.10. The van der Waals surface area contributed by atoms with Crippen LogP contribution in [0.1, 0.15) is 90.4 Å². The summed E-state index contributed by atoms with van der Waals surface area (Å²) in [5.41, 5.74) is 5.44. The molecule has 0 spiro atoms. The van der Waals surface area contributed by atoms with Gasteiger partial charge < -0.3 is 16.4 Å². The van der Waals surface area contributed by atoms with E-state index in [0.717, 1.165) is 71.2 Å². The van der Waals surface area contributed by atoms with Gasteiger partial charge in [0.05, 0.1) is 5.75 Å². The SMILES string of the molecule is CCCCCCCCCCCCS(=O)(=O)NCCCNCCCNCCCN.Cl.Cl.Cl. The normalized spacial score (nSPS) is 10.8. The van der Waals surface area contributed by atoms with Gasteiger partial charge in [0.25, 0.3) is 0 Å². The first-order valence-electron chi connectivity index (χ1n) is 11.7. The fraction of sp³-hybridized carbons (Fsp3) is 1.00. The monoisotopic (exact) mass is 528 g/mol. The lowest BCUT2D eigenvalue weighted by Crippen LogP contribution is -2.30. The lowest BCUT2D eigenvalue weighted by atomic mass is 10.1. The van der Waals surface area contributed by atoms with Crippen molar-refractivity contribution in [3.05, 3.63) is 0 Å². The number of hydrogen-bond donors (Lipinski definition) is 4. The number of nitrogens with one attached hydrogen (secondary N) is 3. The van der Waals surface area contributed by atoms with Gasteiger partial charge in [-0.05, 0) is 58.4 Å². The maximum atomic E-state index is 12.0. The van der Waals surface area contributed by atoms with E-state index in [0.29, 0.717) is 6.54 Å². The largest absolute Gasteiger partial charge is 0.330 e. The van der Waals surface area contributed by atoms with Crippen LogP contribution in [0.5, 0.6) is 0 Å². The number of halogens is 3. The van der Waals surface area contributed by atoms with Gasteiger partial charge in [-0.2, -0.15) is 0 Å². The van der Waals surface area contributed by atoms with Gasteiger partial charge in [0.2, 0.25) is 10.0 Å². The molecular formula is C21H51Cl3N4O2S. The molecule has 0 fully saturated rings. The lowest BCUT2D eigenvalue weighted by Gasteiger charge is -2.08. The van der Waals surface area contributed by atoms with Crippen molar-refractivity contribution >= 4 is 47.2 Å². The minimum atomic E-state index is -3.10. The molecule has 5 N–H and O–H groups in total. The van der Waals surface area contributed by atoms with Crippen molar-refractivity contribution in [2.75, 3.05) is 45.0 Å². The molecule has 0 amide bonds. The molecule has 0 radical (unpaired) electrons. The Hall–Kier alpha value is 0.660. The Kier molecular flexibility index (Phi) is 38.5. The number of rotatable bonds is 23. The molecule has 0 aromatic carbocycles. The molecule has 0 aromatic rings. The highest BCUT2D eigenvalue weighted by molar-refractivity contribution is 7.89. The minimum absolute atomic E-state index is 0. The molecular weight excluding hydrogens is 479 g/mol. The van der Waals surface area contributed by atoms with Crippen LogP contribution < -0.4 is 21.1 Å². The fourth-order valence-electron chi connectivity index (χ4n) is 3.11. The number of unbranched alkanes of at least 4 members (excludes halogenated alkanes) is 9. The molecule has 194 valence electrons. The molecule has 0 aliphatic heterocycles. The van der Waals surface area contributed by atoms with E-state index >= 15 is 0 Å². The van der Waals surface area contributed by atoms with Gasteiger partial charge in [-0.15, -0.1) is 37.2 Å². The second-order valence-electron chi connectivity index (χ2n) is 7.74. The summed E-state index contributed by atoms with van der Waals surface area (Å²) < 4.78 is 26.7. The van der Waals surface area contributed by atoms with Crippen LogP contribution in [0.4, 0.5) is 0 Å². The second kappa shape index (κ2) is 30.7. The zero-order valence-electron chi connectivity index (χ0n) is 19.7. The first-order chi connectivity index (χ1) is 13.6. The van der Waals surface area contributed by atoms with Crippen LogP contribution in [-0.2, 0) is 10.0 Å². The summed E-state index contributed by atoms with van der Waals surface area (Å²) in [7, 11) is -3.10. The van der Waals surface area contributed by atoms with Crippen molar-refractivity contribution in [1.82, 2.24) is 15.4 Å². The molecule has 0 atom stereocenters. The van der Waals surface area contributed by atoms with Crippen molar-refractivity contribution in [2.24, 2.45) is 5.73 Å². The maximum Gasteiger partial charge on any atom is 0.211 e. The summed E-state index contributed by atoms with van der Waals surface area (Å²) in [5, 5.41) is 6.69. The van der Waals surface area contributed by atoms with Crippen LogP contribution in [0.3, 0.4) is 0 Å². The number of nitrogens with two attached hydrogens (primary N) is 1. The van der Waals surface area contributed by atoms with Gasteiger partial charge in [0.15, 0.2) is 0 Å². The molecule has 0 saturated carbocycles. The van der Waals surface area contributed by atoms with E-state index in [-0.39, 0.29) is 43.0 Å². The first kappa shape index (κ1) is 38.9. The summed E-state index contributed by atoms with van der Waals surface area (Å²) in [6.07, 6.45) is 15.1. The van der Waals surface area contributed by atoms with Crippen molar-refractivity contribution in [3.63, 3.8) is 0 Å². The third kappa shape index (κ3) is 32.9. The average molecular weight is 530 g/mol. The second-order valence-corrected chi connectivity index (χ2v) is 9.67. The predicted octanol–water partition coefficient (Wildman–Crippen LogP) is 4.40. The van der Waals surface area contributed by atoms with E-state index in [9.17, 15) is 8.42 Å². The Morgan fingerprint density at radius 2 is 1.00 bits per heavy atom. The van der Waals surface area contributed by atoms with Crippen LogP contribution in [0, 0.1) is 0 Å². The van der Waals surface area contributed by atoms with Crippen LogP contribution in [0.2, 0.25) is 0 Å². The zero-order valence-corrected chi connectivity index (χ0v) is 22.9. The summed E-state index contributed by atoms with van der Waals surface area (Å²) >= 11 is 0. The van der Waals surface area contributed by atoms with Crippen LogP contribution >= 0.6 is 37.2 Å². The Morgan fingerprint density at radius 3 is 1.48 bits per heavy atom. The number of sulfonamides is 1. The van der Waals surface area contributed by atoms with Crippen molar-refractivity contribution in [3.8, 4) is 0 Å². The average Bonchev–Trinajstić information content (AvgIpc) is 2.67. The molecule has 10 heteroatoms. The van der Waals surface area contributed by atoms with Gasteiger partial charge in [-0.1, -0.05) is 64.7 Å². The Morgan fingerprint density at radius 1 is 0.581 bits per heavy atom. The summed E-state index contributed by atoms with van der Waals surface area (Å²) in [4.78, 5) is 0. The van der Waals surface area contributed by atoms with E-state index in [4.69, 9.17) is 5.73 Å². The van der Waals surface area contributed by atoms with Crippen LogP contribution in [0.15, 0.2) is 0 Å². The summed E-state index contributed by atoms with van der Waals surface area (Å²) in [5.74, 6) is 0.269. The first-order valence-corrected chi connectivity index (χ1v) is 13.4. The Balaban J connectivity index is -0.00000121. The molecule has 0 aliphatic carbocycles. The van der Waals surface area contributed by atoms with Gasteiger partial charge in [0, 0.05) is 6.54 Å². The zero-order chi connectivity index (χ0) is 20.8. The molecule has 0 bridgehead atoms. The number of hydrogen-bond acceptors (Lipinski definition) is 5. The fourth-order valence-corrected chi connectivity index (χ4v) is 4.29. The highest BCUT2D eigenvalue weighted by Gasteiger charge is 2.08. The molecule has 0 rings (SSSR count). The molecule has 6 nitrogen and oxygen atoms in total. The van der Waals surface area contributed by atoms with E-state index in [2.05, 4.69) is 22.3 Å². The van der Waals surface area contributed by atoms with E-state index in [1.807, 2.05) is 0 Å². The molecule has 0 aromatic heterocycles. The minimum Gasteiger partial charge on any atom is -0.330 e. The predicted molar refractivity (Wildman–Crippen MR) is 144 cm³/mol. The third-order valence-electron chi connectivity index (χ3n) is 4.88. The van der Waals surface area contributed by atoms with Gasteiger partial charge in [-0.25, -0.2) is 13.1 Å². The summed E-state index contributed by atoms with van der Waals surface area (Å²) in [6.45, 7) is 7.30. The van der Waals surface area contributed by atoms with Crippen molar-refractivity contribution < 1.29 is 8.42 Å². The van der Waals surface area contributed by atoms with E-state index in [1.54, 1.807) is 0 Å². The standard InChI is InChI=1S/C21H48N4O2S.3ClH/c1-2-3-4-5-6-7-8-9-10-11-21-28(26,27)25-20-14-19-24-18-13-17-23-16-12-15-22;;;/h23-25H,2-22H2,1H3;3*1H. The van der Waals surface area contributed by atoms with Crippen LogP contribution in [0.25, 0.3) is 0 Å².